The zero-order valence-corrected chi connectivity index (χ0v) is 18.4. The number of nitriles is 1. The number of carbonyl (C=O) groups excluding carboxylic acids is 2. The van der Waals surface area contributed by atoms with Crippen LogP contribution in [-0.4, -0.2) is 34.8 Å². The Hall–Kier alpha value is -3.11. The molecule has 7 nitrogen and oxygen atoms in total. The van der Waals surface area contributed by atoms with Crippen molar-refractivity contribution in [1.82, 2.24) is 15.5 Å². The van der Waals surface area contributed by atoms with E-state index >= 15 is 0 Å². The number of hydrogen-bond acceptors (Lipinski definition) is 5. The second-order valence-electron chi connectivity index (χ2n) is 8.69. The average molecular weight is 423 g/mol. The minimum atomic E-state index is -0.927. The number of benzene rings is 1. The Bertz CT molecular complexity index is 927. The quantitative estimate of drug-likeness (QED) is 0.613. The summed E-state index contributed by atoms with van der Waals surface area (Å²) in [5, 5.41) is 15.3. The summed E-state index contributed by atoms with van der Waals surface area (Å²) in [7, 11) is 0. The normalized spacial score (nSPS) is 15.4. The molecule has 2 aromatic rings. The molecule has 1 aliphatic carbocycles. The molecule has 0 spiro atoms. The molecule has 1 aromatic carbocycles. The molecule has 1 aliphatic rings. The first-order valence-electron chi connectivity index (χ1n) is 10.7. The number of nitrogens with zero attached hydrogens (tertiary/aromatic N) is 2. The molecule has 1 saturated carbocycles. The van der Waals surface area contributed by atoms with Crippen molar-refractivity contribution in [3.8, 4) is 6.07 Å². The van der Waals surface area contributed by atoms with Gasteiger partial charge in [-0.1, -0.05) is 26.0 Å². The molecule has 1 atom stereocenters. The molecule has 31 heavy (non-hydrogen) atoms. The van der Waals surface area contributed by atoms with Crippen LogP contribution in [0.4, 0.5) is 0 Å². The Morgan fingerprint density at radius 1 is 1.23 bits per heavy atom. The van der Waals surface area contributed by atoms with Crippen molar-refractivity contribution in [1.29, 1.82) is 5.26 Å². The van der Waals surface area contributed by atoms with E-state index in [2.05, 4.69) is 16.7 Å². The molecular formula is C24H30N4O3. The highest BCUT2D eigenvalue weighted by atomic mass is 16.3. The monoisotopic (exact) mass is 422 g/mol. The number of rotatable bonds is 10. The summed E-state index contributed by atoms with van der Waals surface area (Å²) < 4.78 is 5.46. The summed E-state index contributed by atoms with van der Waals surface area (Å²) in [6.07, 6.45) is 3.71. The third-order valence-corrected chi connectivity index (χ3v) is 5.65. The zero-order valence-electron chi connectivity index (χ0n) is 18.4. The lowest BCUT2D eigenvalue weighted by Gasteiger charge is -2.29. The summed E-state index contributed by atoms with van der Waals surface area (Å²) >= 11 is 0. The molecule has 2 N–H and O–H groups in total. The fourth-order valence-electron chi connectivity index (χ4n) is 3.14. The van der Waals surface area contributed by atoms with Gasteiger partial charge in [-0.25, -0.2) is 0 Å². The van der Waals surface area contributed by atoms with Crippen LogP contribution in [0.1, 0.15) is 55.3 Å². The summed E-state index contributed by atoms with van der Waals surface area (Å²) in [4.78, 5) is 26.9. The second-order valence-corrected chi connectivity index (χ2v) is 8.69. The molecule has 3 rings (SSSR count). The van der Waals surface area contributed by atoms with Gasteiger partial charge in [0, 0.05) is 18.2 Å². The van der Waals surface area contributed by atoms with E-state index in [1.165, 1.54) is 0 Å². The Balaban J connectivity index is 1.66. The van der Waals surface area contributed by atoms with Gasteiger partial charge in [0.1, 0.15) is 11.3 Å². The maximum atomic E-state index is 12.7. The van der Waals surface area contributed by atoms with Crippen molar-refractivity contribution in [3.05, 3.63) is 59.5 Å². The lowest BCUT2D eigenvalue weighted by atomic mass is 9.90. The van der Waals surface area contributed by atoms with E-state index in [0.29, 0.717) is 24.7 Å². The third kappa shape index (κ3) is 6.43. The highest BCUT2D eigenvalue weighted by Gasteiger charge is 2.30. The summed E-state index contributed by atoms with van der Waals surface area (Å²) in [6.45, 7) is 6.63. The summed E-state index contributed by atoms with van der Waals surface area (Å²) in [5.74, 6) is 0.463. The minimum absolute atomic E-state index is 0.0192. The predicted molar refractivity (Wildman–Crippen MR) is 117 cm³/mol. The smallest absolute Gasteiger partial charge is 0.251 e. The van der Waals surface area contributed by atoms with E-state index in [4.69, 9.17) is 4.42 Å². The summed E-state index contributed by atoms with van der Waals surface area (Å²) in [5.41, 5.74) is 0.686. The van der Waals surface area contributed by atoms with Crippen LogP contribution in [0.25, 0.3) is 0 Å². The number of nitrogens with one attached hydrogen (secondary N) is 2. The number of amides is 2. The van der Waals surface area contributed by atoms with Crippen molar-refractivity contribution in [2.24, 2.45) is 5.92 Å². The van der Waals surface area contributed by atoms with Crippen molar-refractivity contribution in [3.63, 3.8) is 0 Å². The first-order chi connectivity index (χ1) is 14.8. The van der Waals surface area contributed by atoms with Crippen LogP contribution in [0, 0.1) is 17.2 Å². The lowest BCUT2D eigenvalue weighted by molar-refractivity contribution is -0.124. The molecule has 0 radical (unpaired) electrons. The van der Waals surface area contributed by atoms with Crippen LogP contribution >= 0.6 is 0 Å². The molecule has 164 valence electrons. The van der Waals surface area contributed by atoms with Gasteiger partial charge in [0.2, 0.25) is 5.91 Å². The van der Waals surface area contributed by atoms with E-state index in [1.807, 2.05) is 55.1 Å². The second kappa shape index (κ2) is 9.80. The molecular weight excluding hydrogens is 392 g/mol. The van der Waals surface area contributed by atoms with Crippen LogP contribution in [-0.2, 0) is 17.9 Å². The van der Waals surface area contributed by atoms with Gasteiger partial charge in [-0.3, -0.25) is 14.5 Å². The van der Waals surface area contributed by atoms with Gasteiger partial charge in [-0.05, 0) is 55.5 Å². The third-order valence-electron chi connectivity index (χ3n) is 5.65. The molecule has 1 unspecified atom stereocenters. The SMILES string of the molecule is CC(C)C(C)(C#N)NC(=O)CN(Cc1ccc(C(=O)NC2CC2)cc1)Cc1ccco1. The van der Waals surface area contributed by atoms with Gasteiger partial charge >= 0.3 is 0 Å². The van der Waals surface area contributed by atoms with Crippen LogP contribution in [0.2, 0.25) is 0 Å². The Morgan fingerprint density at radius 3 is 2.48 bits per heavy atom. The molecule has 7 heteroatoms. The molecule has 1 heterocycles. The predicted octanol–water partition coefficient (Wildman–Crippen LogP) is 3.23. The van der Waals surface area contributed by atoms with E-state index in [-0.39, 0.29) is 24.3 Å². The number of carbonyl (C=O) groups is 2. The molecule has 1 aromatic heterocycles. The van der Waals surface area contributed by atoms with Gasteiger partial charge < -0.3 is 15.1 Å². The fraction of sp³-hybridized carbons (Fsp3) is 0.458. The molecule has 2 amide bonds. The first kappa shape index (κ1) is 22.6. The number of hydrogen-bond donors (Lipinski definition) is 2. The Labute approximate surface area is 183 Å². The van der Waals surface area contributed by atoms with Crippen molar-refractivity contribution < 1.29 is 14.0 Å². The molecule has 0 bridgehead atoms. The Kier molecular flexibility index (Phi) is 7.13. The molecule has 1 fully saturated rings. The first-order valence-corrected chi connectivity index (χ1v) is 10.7. The topological polar surface area (TPSA) is 98.4 Å². The molecule has 0 aliphatic heterocycles. The standard InChI is InChI=1S/C24H30N4O3/c1-17(2)24(3,16-25)27-22(29)15-28(14-21-5-4-12-31-21)13-18-6-8-19(9-7-18)23(30)26-20-10-11-20/h4-9,12,17,20H,10-11,13-15H2,1-3H3,(H,26,30)(H,27,29). The lowest BCUT2D eigenvalue weighted by Crippen LogP contribution is -2.51. The van der Waals surface area contributed by atoms with Crippen LogP contribution < -0.4 is 10.6 Å². The summed E-state index contributed by atoms with van der Waals surface area (Å²) in [6, 6.07) is 13.6. The van der Waals surface area contributed by atoms with E-state index in [1.54, 1.807) is 13.2 Å². The number of furan rings is 1. The van der Waals surface area contributed by atoms with Crippen molar-refractivity contribution >= 4 is 11.8 Å². The highest BCUT2D eigenvalue weighted by Crippen LogP contribution is 2.20. The van der Waals surface area contributed by atoms with Crippen LogP contribution in [0.3, 0.4) is 0 Å². The Morgan fingerprint density at radius 2 is 1.94 bits per heavy atom. The average Bonchev–Trinajstić information content (AvgIpc) is 3.40. The maximum absolute atomic E-state index is 12.7. The van der Waals surface area contributed by atoms with Gasteiger partial charge in [0.15, 0.2) is 0 Å². The van der Waals surface area contributed by atoms with E-state index in [9.17, 15) is 14.9 Å². The molecule has 0 saturated heterocycles. The van der Waals surface area contributed by atoms with Gasteiger partial charge in [-0.2, -0.15) is 5.26 Å². The zero-order chi connectivity index (χ0) is 22.4. The highest BCUT2D eigenvalue weighted by molar-refractivity contribution is 5.94. The largest absolute Gasteiger partial charge is 0.468 e. The van der Waals surface area contributed by atoms with Gasteiger partial charge in [0.05, 0.1) is 25.4 Å². The van der Waals surface area contributed by atoms with E-state index < -0.39 is 5.54 Å². The van der Waals surface area contributed by atoms with Crippen LogP contribution in [0.5, 0.6) is 0 Å². The van der Waals surface area contributed by atoms with Crippen LogP contribution in [0.15, 0.2) is 47.1 Å². The van der Waals surface area contributed by atoms with Crippen molar-refractivity contribution in [2.45, 2.75) is 58.3 Å². The maximum Gasteiger partial charge on any atom is 0.251 e. The van der Waals surface area contributed by atoms with Crippen molar-refractivity contribution in [2.75, 3.05) is 6.54 Å². The fourth-order valence-corrected chi connectivity index (χ4v) is 3.14. The van der Waals surface area contributed by atoms with Gasteiger partial charge in [0.25, 0.3) is 5.91 Å². The van der Waals surface area contributed by atoms with Gasteiger partial charge in [-0.15, -0.1) is 0 Å². The van der Waals surface area contributed by atoms with E-state index in [0.717, 1.165) is 24.2 Å². The minimum Gasteiger partial charge on any atom is -0.468 e.